The molecule has 1 aliphatic rings. The van der Waals surface area contributed by atoms with E-state index < -0.39 is 0 Å². The molecule has 1 aliphatic heterocycles. The van der Waals surface area contributed by atoms with E-state index in [2.05, 4.69) is 71.9 Å². The fourth-order valence-corrected chi connectivity index (χ4v) is 3.91. The molecule has 160 valence electrons. The minimum atomic E-state index is 0. The summed E-state index contributed by atoms with van der Waals surface area (Å²) in [6, 6.07) is 10.5. The summed E-state index contributed by atoms with van der Waals surface area (Å²) in [5.41, 5.74) is 4.44. The van der Waals surface area contributed by atoms with E-state index in [0.29, 0.717) is 12.5 Å². The van der Waals surface area contributed by atoms with E-state index in [1.165, 1.54) is 24.9 Å². The van der Waals surface area contributed by atoms with Crippen LogP contribution in [0.5, 0.6) is 0 Å². The molecule has 0 aliphatic carbocycles. The number of rotatable bonds is 6. The Morgan fingerprint density at radius 3 is 2.72 bits per heavy atom. The highest BCUT2D eigenvalue weighted by Crippen LogP contribution is 2.18. The zero-order valence-corrected chi connectivity index (χ0v) is 20.4. The number of aryl methyl sites for hydroxylation is 2. The summed E-state index contributed by atoms with van der Waals surface area (Å²) in [4.78, 5) is 7.27. The van der Waals surface area contributed by atoms with Gasteiger partial charge < -0.3 is 15.5 Å². The molecule has 29 heavy (non-hydrogen) atoms. The fraction of sp³-hybridized carbons (Fsp3) is 0.545. The first-order chi connectivity index (χ1) is 13.6. The standard InChI is InChI=1S/C22H34N6.HI/c1-5-23-22(24-14-19-9-8-12-27(4)16-19)25-15-20-10-6-7-11-21(20)28-18(3)13-17(2)26-28;/h6-7,10-11,13,19H,5,8-9,12,14-16H2,1-4H3,(H2,23,24,25);1H. The van der Waals surface area contributed by atoms with Gasteiger partial charge in [0.05, 0.1) is 17.9 Å². The van der Waals surface area contributed by atoms with Gasteiger partial charge in [0.1, 0.15) is 0 Å². The van der Waals surface area contributed by atoms with Crippen LogP contribution in [-0.4, -0.2) is 53.9 Å². The molecule has 0 amide bonds. The number of nitrogens with zero attached hydrogens (tertiary/aromatic N) is 4. The van der Waals surface area contributed by atoms with Gasteiger partial charge in [-0.2, -0.15) is 5.10 Å². The lowest BCUT2D eigenvalue weighted by atomic mass is 9.99. The third kappa shape index (κ3) is 6.70. The number of piperidine rings is 1. The van der Waals surface area contributed by atoms with Crippen molar-refractivity contribution in [1.29, 1.82) is 0 Å². The summed E-state index contributed by atoms with van der Waals surface area (Å²) in [6.45, 7) is 11.0. The van der Waals surface area contributed by atoms with Gasteiger partial charge in [0.15, 0.2) is 5.96 Å². The van der Waals surface area contributed by atoms with Crippen LogP contribution in [-0.2, 0) is 6.54 Å². The highest BCUT2D eigenvalue weighted by Gasteiger charge is 2.17. The van der Waals surface area contributed by atoms with Gasteiger partial charge in [-0.25, -0.2) is 9.67 Å². The van der Waals surface area contributed by atoms with Crippen LogP contribution in [0.1, 0.15) is 36.7 Å². The fourth-order valence-electron chi connectivity index (χ4n) is 3.91. The molecule has 0 saturated carbocycles. The van der Waals surface area contributed by atoms with E-state index in [9.17, 15) is 0 Å². The Hall–Kier alpha value is -1.61. The Kier molecular flexibility index (Phi) is 9.42. The summed E-state index contributed by atoms with van der Waals surface area (Å²) >= 11 is 0. The minimum absolute atomic E-state index is 0. The molecule has 3 rings (SSSR count). The lowest BCUT2D eigenvalue weighted by Crippen LogP contribution is -2.43. The van der Waals surface area contributed by atoms with E-state index in [0.717, 1.165) is 42.7 Å². The summed E-state index contributed by atoms with van der Waals surface area (Å²) in [7, 11) is 2.21. The number of para-hydroxylation sites is 1. The van der Waals surface area contributed by atoms with Gasteiger partial charge in [-0.15, -0.1) is 24.0 Å². The van der Waals surface area contributed by atoms with Crippen molar-refractivity contribution >= 4 is 29.9 Å². The second-order valence-electron chi connectivity index (χ2n) is 7.81. The first-order valence-electron chi connectivity index (χ1n) is 10.4. The van der Waals surface area contributed by atoms with Crippen LogP contribution in [0.2, 0.25) is 0 Å². The minimum Gasteiger partial charge on any atom is -0.357 e. The molecule has 1 fully saturated rings. The van der Waals surface area contributed by atoms with Crippen molar-refractivity contribution in [3.05, 3.63) is 47.3 Å². The van der Waals surface area contributed by atoms with E-state index in [1.54, 1.807) is 0 Å². The van der Waals surface area contributed by atoms with Crippen LogP contribution in [0.3, 0.4) is 0 Å². The number of likely N-dealkylation sites (tertiary alicyclic amines) is 1. The smallest absolute Gasteiger partial charge is 0.191 e. The van der Waals surface area contributed by atoms with Gasteiger partial charge >= 0.3 is 0 Å². The SMILES string of the molecule is CCNC(=NCc1ccccc1-n1nc(C)cc1C)NCC1CCCN(C)C1.I. The molecule has 2 heterocycles. The highest BCUT2D eigenvalue weighted by molar-refractivity contribution is 14.0. The number of nitrogens with one attached hydrogen (secondary N) is 2. The summed E-state index contributed by atoms with van der Waals surface area (Å²) < 4.78 is 2.01. The van der Waals surface area contributed by atoms with Crippen LogP contribution in [0.25, 0.3) is 5.69 Å². The molecule has 2 aromatic rings. The van der Waals surface area contributed by atoms with Crippen LogP contribution in [0.15, 0.2) is 35.3 Å². The molecule has 1 aromatic heterocycles. The first-order valence-corrected chi connectivity index (χ1v) is 10.4. The number of aromatic nitrogens is 2. The number of hydrogen-bond donors (Lipinski definition) is 2. The van der Waals surface area contributed by atoms with E-state index in [-0.39, 0.29) is 24.0 Å². The monoisotopic (exact) mass is 510 g/mol. The Labute approximate surface area is 192 Å². The zero-order valence-electron chi connectivity index (χ0n) is 18.1. The lowest BCUT2D eigenvalue weighted by Gasteiger charge is -2.30. The average Bonchev–Trinajstić information content (AvgIpc) is 3.02. The molecule has 1 atom stereocenters. The molecule has 1 aromatic carbocycles. The van der Waals surface area contributed by atoms with E-state index in [1.807, 2.05) is 11.6 Å². The molecule has 0 radical (unpaired) electrons. The number of guanidine groups is 1. The molecule has 0 spiro atoms. The maximum absolute atomic E-state index is 4.85. The quantitative estimate of drug-likeness (QED) is 0.355. The van der Waals surface area contributed by atoms with Crippen molar-refractivity contribution in [1.82, 2.24) is 25.3 Å². The summed E-state index contributed by atoms with van der Waals surface area (Å²) in [6.07, 6.45) is 2.57. The Bertz CT molecular complexity index is 800. The average molecular weight is 510 g/mol. The second kappa shape index (κ2) is 11.5. The van der Waals surface area contributed by atoms with Crippen molar-refractivity contribution in [3.8, 4) is 5.69 Å². The van der Waals surface area contributed by atoms with Gasteiger partial charge in [-0.1, -0.05) is 18.2 Å². The van der Waals surface area contributed by atoms with Crippen molar-refractivity contribution in [2.45, 2.75) is 40.2 Å². The molecule has 2 N–H and O–H groups in total. The molecular weight excluding hydrogens is 475 g/mol. The molecular formula is C22H35IN6. The highest BCUT2D eigenvalue weighted by atomic mass is 127. The zero-order chi connectivity index (χ0) is 19.9. The molecule has 7 heteroatoms. The molecule has 1 saturated heterocycles. The van der Waals surface area contributed by atoms with Crippen LogP contribution in [0.4, 0.5) is 0 Å². The maximum Gasteiger partial charge on any atom is 0.191 e. The Morgan fingerprint density at radius 1 is 1.24 bits per heavy atom. The predicted molar refractivity (Wildman–Crippen MR) is 131 cm³/mol. The first kappa shape index (κ1) is 23.7. The number of benzene rings is 1. The van der Waals surface area contributed by atoms with Gasteiger partial charge in [0, 0.05) is 25.3 Å². The van der Waals surface area contributed by atoms with Gasteiger partial charge in [-0.05, 0) is 70.8 Å². The topological polar surface area (TPSA) is 57.5 Å². The second-order valence-corrected chi connectivity index (χ2v) is 7.81. The van der Waals surface area contributed by atoms with Crippen LogP contribution in [0, 0.1) is 19.8 Å². The van der Waals surface area contributed by atoms with Crippen molar-refractivity contribution in [2.24, 2.45) is 10.9 Å². The van der Waals surface area contributed by atoms with Crippen LogP contribution < -0.4 is 10.6 Å². The molecule has 1 unspecified atom stereocenters. The third-order valence-corrected chi connectivity index (χ3v) is 5.26. The van der Waals surface area contributed by atoms with Gasteiger partial charge in [0.25, 0.3) is 0 Å². The van der Waals surface area contributed by atoms with E-state index >= 15 is 0 Å². The summed E-state index contributed by atoms with van der Waals surface area (Å²) in [5, 5.41) is 11.6. The normalized spacial score (nSPS) is 17.7. The van der Waals surface area contributed by atoms with Gasteiger partial charge in [-0.3, -0.25) is 0 Å². The largest absolute Gasteiger partial charge is 0.357 e. The van der Waals surface area contributed by atoms with Crippen molar-refractivity contribution < 1.29 is 0 Å². The van der Waals surface area contributed by atoms with Gasteiger partial charge in [0.2, 0.25) is 0 Å². The third-order valence-electron chi connectivity index (χ3n) is 5.26. The number of hydrogen-bond acceptors (Lipinski definition) is 3. The Balaban J connectivity index is 0.00000300. The van der Waals surface area contributed by atoms with Crippen molar-refractivity contribution in [3.63, 3.8) is 0 Å². The van der Waals surface area contributed by atoms with Crippen molar-refractivity contribution in [2.75, 3.05) is 33.2 Å². The predicted octanol–water partition coefficient (Wildman–Crippen LogP) is 3.50. The summed E-state index contributed by atoms with van der Waals surface area (Å²) in [5.74, 6) is 1.57. The molecule has 6 nitrogen and oxygen atoms in total. The van der Waals surface area contributed by atoms with E-state index in [4.69, 9.17) is 4.99 Å². The number of halogens is 1. The van der Waals surface area contributed by atoms with Crippen LogP contribution >= 0.6 is 24.0 Å². The maximum atomic E-state index is 4.85. The number of aliphatic imine (C=N–C) groups is 1. The Morgan fingerprint density at radius 2 is 2.03 bits per heavy atom. The molecule has 0 bridgehead atoms. The lowest BCUT2D eigenvalue weighted by molar-refractivity contribution is 0.210.